The molecule has 0 aromatic heterocycles. The lowest BCUT2D eigenvalue weighted by molar-refractivity contribution is 0.0546. The summed E-state index contributed by atoms with van der Waals surface area (Å²) in [5.41, 5.74) is 0.573. The zero-order chi connectivity index (χ0) is 15.5. The first-order chi connectivity index (χ1) is 10.1. The second-order valence-electron chi connectivity index (χ2n) is 5.56. The topological polar surface area (TPSA) is 26.3 Å². The second-order valence-corrected chi connectivity index (χ2v) is 5.56. The van der Waals surface area contributed by atoms with E-state index in [2.05, 4.69) is 13.8 Å². The summed E-state index contributed by atoms with van der Waals surface area (Å²) in [5.74, 6) is -0.263. The standard InChI is InChI=1S/C18H27FO2/c1-3-4-5-6-8-15(2)21-14-7-9-18(20)16-10-12-17(19)13-11-16/h10-13,15H,3-9,14H2,1-2H3. The normalized spacial score (nSPS) is 12.3. The smallest absolute Gasteiger partial charge is 0.162 e. The van der Waals surface area contributed by atoms with Gasteiger partial charge in [-0.05, 0) is 44.0 Å². The number of halogens is 1. The summed E-state index contributed by atoms with van der Waals surface area (Å²) >= 11 is 0. The van der Waals surface area contributed by atoms with Crippen LogP contribution >= 0.6 is 0 Å². The lowest BCUT2D eigenvalue weighted by atomic mass is 10.1. The third kappa shape index (κ3) is 7.96. The summed E-state index contributed by atoms with van der Waals surface area (Å²) < 4.78 is 18.5. The Bertz CT molecular complexity index is 400. The number of unbranched alkanes of at least 4 members (excludes halogenated alkanes) is 3. The SMILES string of the molecule is CCCCCCC(C)OCCCC(=O)c1ccc(F)cc1. The molecule has 0 aliphatic heterocycles. The number of carbonyl (C=O) groups excluding carboxylic acids is 1. The van der Waals surface area contributed by atoms with E-state index in [9.17, 15) is 9.18 Å². The highest BCUT2D eigenvalue weighted by molar-refractivity contribution is 5.95. The van der Waals surface area contributed by atoms with Crippen molar-refractivity contribution in [1.29, 1.82) is 0 Å². The Hall–Kier alpha value is -1.22. The van der Waals surface area contributed by atoms with Gasteiger partial charge in [-0.25, -0.2) is 4.39 Å². The Morgan fingerprint density at radius 3 is 2.52 bits per heavy atom. The maximum absolute atomic E-state index is 12.8. The molecule has 1 atom stereocenters. The number of hydrogen-bond donors (Lipinski definition) is 0. The van der Waals surface area contributed by atoms with E-state index in [1.54, 1.807) is 0 Å². The average Bonchev–Trinajstić information content (AvgIpc) is 2.48. The molecule has 0 fully saturated rings. The minimum Gasteiger partial charge on any atom is -0.378 e. The molecule has 0 radical (unpaired) electrons. The van der Waals surface area contributed by atoms with Crippen LogP contribution in [0.1, 0.15) is 69.2 Å². The molecule has 118 valence electrons. The van der Waals surface area contributed by atoms with E-state index < -0.39 is 0 Å². The highest BCUT2D eigenvalue weighted by atomic mass is 19.1. The van der Waals surface area contributed by atoms with Crippen molar-refractivity contribution in [3.63, 3.8) is 0 Å². The number of ketones is 1. The molecule has 1 aromatic rings. The quantitative estimate of drug-likeness (QED) is 0.416. The number of ether oxygens (including phenoxy) is 1. The third-order valence-electron chi connectivity index (χ3n) is 3.58. The molecule has 0 saturated heterocycles. The fourth-order valence-electron chi connectivity index (χ4n) is 2.24. The molecule has 0 aliphatic rings. The van der Waals surface area contributed by atoms with Crippen LogP contribution in [0.5, 0.6) is 0 Å². The molecule has 3 heteroatoms. The number of carbonyl (C=O) groups is 1. The Labute approximate surface area is 127 Å². The fraction of sp³-hybridized carbons (Fsp3) is 0.611. The number of rotatable bonds is 11. The van der Waals surface area contributed by atoms with Crippen molar-refractivity contribution in [3.8, 4) is 0 Å². The Morgan fingerprint density at radius 1 is 1.14 bits per heavy atom. The van der Waals surface area contributed by atoms with Crippen LogP contribution < -0.4 is 0 Å². The van der Waals surface area contributed by atoms with E-state index in [1.165, 1.54) is 49.9 Å². The first-order valence-electron chi connectivity index (χ1n) is 8.04. The summed E-state index contributed by atoms with van der Waals surface area (Å²) in [6.07, 6.45) is 7.55. The molecule has 1 unspecified atom stereocenters. The van der Waals surface area contributed by atoms with Gasteiger partial charge in [-0.1, -0.05) is 32.6 Å². The summed E-state index contributed by atoms with van der Waals surface area (Å²) in [7, 11) is 0. The highest BCUT2D eigenvalue weighted by Crippen LogP contribution is 2.10. The molecule has 0 saturated carbocycles. The van der Waals surface area contributed by atoms with Crippen molar-refractivity contribution in [3.05, 3.63) is 35.6 Å². The van der Waals surface area contributed by atoms with Gasteiger partial charge in [0, 0.05) is 18.6 Å². The highest BCUT2D eigenvalue weighted by Gasteiger charge is 2.07. The maximum Gasteiger partial charge on any atom is 0.162 e. The molecular weight excluding hydrogens is 267 g/mol. The van der Waals surface area contributed by atoms with Gasteiger partial charge in [0.1, 0.15) is 5.82 Å². The molecule has 2 nitrogen and oxygen atoms in total. The van der Waals surface area contributed by atoms with Crippen LogP contribution in [0.25, 0.3) is 0 Å². The van der Waals surface area contributed by atoms with Gasteiger partial charge >= 0.3 is 0 Å². The minimum absolute atomic E-state index is 0.0502. The molecule has 1 aromatic carbocycles. The van der Waals surface area contributed by atoms with Crippen molar-refractivity contribution in [1.82, 2.24) is 0 Å². The first-order valence-corrected chi connectivity index (χ1v) is 8.04. The largest absolute Gasteiger partial charge is 0.378 e. The Morgan fingerprint density at radius 2 is 1.86 bits per heavy atom. The molecule has 0 amide bonds. The van der Waals surface area contributed by atoms with Crippen LogP contribution in [-0.2, 0) is 4.74 Å². The third-order valence-corrected chi connectivity index (χ3v) is 3.58. The minimum atomic E-state index is -0.313. The molecule has 1 rings (SSSR count). The number of hydrogen-bond acceptors (Lipinski definition) is 2. The lowest BCUT2D eigenvalue weighted by Crippen LogP contribution is -2.10. The molecule has 0 N–H and O–H groups in total. The van der Waals surface area contributed by atoms with Crippen molar-refractivity contribution in [2.75, 3.05) is 6.61 Å². The van der Waals surface area contributed by atoms with Gasteiger partial charge < -0.3 is 4.74 Å². The summed E-state index contributed by atoms with van der Waals surface area (Å²) in [6, 6.07) is 5.72. The zero-order valence-electron chi connectivity index (χ0n) is 13.2. The van der Waals surface area contributed by atoms with Crippen LogP contribution in [0, 0.1) is 5.82 Å². The van der Waals surface area contributed by atoms with E-state index in [-0.39, 0.29) is 17.7 Å². The number of Topliss-reactive ketones (excluding diaryl/α,β-unsaturated/α-hetero) is 1. The van der Waals surface area contributed by atoms with Crippen LogP contribution in [0.3, 0.4) is 0 Å². The van der Waals surface area contributed by atoms with Gasteiger partial charge in [0.15, 0.2) is 5.78 Å². The van der Waals surface area contributed by atoms with Gasteiger partial charge in [0.05, 0.1) is 6.10 Å². The zero-order valence-corrected chi connectivity index (χ0v) is 13.2. The molecule has 0 aliphatic carbocycles. The van der Waals surface area contributed by atoms with Gasteiger partial charge in [-0.3, -0.25) is 4.79 Å². The fourth-order valence-corrected chi connectivity index (χ4v) is 2.24. The van der Waals surface area contributed by atoms with E-state index in [1.807, 2.05) is 0 Å². The Balaban J connectivity index is 2.10. The van der Waals surface area contributed by atoms with Gasteiger partial charge in [-0.15, -0.1) is 0 Å². The van der Waals surface area contributed by atoms with E-state index >= 15 is 0 Å². The molecule has 0 heterocycles. The summed E-state index contributed by atoms with van der Waals surface area (Å²) in [6.45, 7) is 4.91. The van der Waals surface area contributed by atoms with Crippen LogP contribution in [0.15, 0.2) is 24.3 Å². The van der Waals surface area contributed by atoms with Crippen LogP contribution in [-0.4, -0.2) is 18.5 Å². The maximum atomic E-state index is 12.8. The van der Waals surface area contributed by atoms with Crippen molar-refractivity contribution < 1.29 is 13.9 Å². The average molecular weight is 294 g/mol. The van der Waals surface area contributed by atoms with Crippen LogP contribution in [0.4, 0.5) is 4.39 Å². The second kappa shape index (κ2) is 10.5. The predicted octanol–water partition coefficient (Wildman–Crippen LogP) is 5.16. The number of benzene rings is 1. The van der Waals surface area contributed by atoms with E-state index in [0.29, 0.717) is 18.6 Å². The van der Waals surface area contributed by atoms with E-state index in [0.717, 1.165) is 12.8 Å². The molecule has 0 bridgehead atoms. The monoisotopic (exact) mass is 294 g/mol. The first kappa shape index (κ1) is 17.8. The Kier molecular flexibility index (Phi) is 8.91. The summed E-state index contributed by atoms with van der Waals surface area (Å²) in [4.78, 5) is 11.9. The molecular formula is C18H27FO2. The van der Waals surface area contributed by atoms with Crippen molar-refractivity contribution in [2.24, 2.45) is 0 Å². The van der Waals surface area contributed by atoms with Crippen molar-refractivity contribution >= 4 is 5.78 Å². The molecule has 0 spiro atoms. The van der Waals surface area contributed by atoms with Crippen molar-refractivity contribution in [2.45, 2.75) is 64.9 Å². The predicted molar refractivity (Wildman–Crippen MR) is 84.1 cm³/mol. The van der Waals surface area contributed by atoms with E-state index in [4.69, 9.17) is 4.74 Å². The van der Waals surface area contributed by atoms with Gasteiger partial charge in [0.2, 0.25) is 0 Å². The van der Waals surface area contributed by atoms with Gasteiger partial charge in [0.25, 0.3) is 0 Å². The van der Waals surface area contributed by atoms with Gasteiger partial charge in [-0.2, -0.15) is 0 Å². The lowest BCUT2D eigenvalue weighted by Gasteiger charge is -2.12. The van der Waals surface area contributed by atoms with Crippen LogP contribution in [0.2, 0.25) is 0 Å². The molecule has 21 heavy (non-hydrogen) atoms. The summed E-state index contributed by atoms with van der Waals surface area (Å²) in [5, 5.41) is 0.